The SMILES string of the molecule is CC(NC(=O)NC1(C(=O)O)CCOC1)C1CCOCC1. The summed E-state index contributed by atoms with van der Waals surface area (Å²) in [7, 11) is 0. The molecule has 0 bridgehead atoms. The van der Waals surface area contributed by atoms with Gasteiger partial charge in [-0.2, -0.15) is 0 Å². The molecule has 0 aliphatic carbocycles. The van der Waals surface area contributed by atoms with Gasteiger partial charge in [0.05, 0.1) is 6.61 Å². The van der Waals surface area contributed by atoms with Crippen LogP contribution in [-0.4, -0.2) is 55.1 Å². The van der Waals surface area contributed by atoms with Crippen LogP contribution in [0.1, 0.15) is 26.2 Å². The summed E-state index contributed by atoms with van der Waals surface area (Å²) >= 11 is 0. The molecule has 0 saturated carbocycles. The van der Waals surface area contributed by atoms with Crippen molar-refractivity contribution in [2.75, 3.05) is 26.4 Å². The van der Waals surface area contributed by atoms with Crippen molar-refractivity contribution >= 4 is 12.0 Å². The molecule has 2 rings (SSSR count). The molecule has 0 radical (unpaired) electrons. The van der Waals surface area contributed by atoms with Crippen molar-refractivity contribution in [3.8, 4) is 0 Å². The van der Waals surface area contributed by atoms with Gasteiger partial charge in [0.15, 0.2) is 5.54 Å². The monoisotopic (exact) mass is 286 g/mol. The van der Waals surface area contributed by atoms with Gasteiger partial charge in [-0.3, -0.25) is 0 Å². The highest BCUT2D eigenvalue weighted by atomic mass is 16.5. The zero-order valence-corrected chi connectivity index (χ0v) is 11.7. The summed E-state index contributed by atoms with van der Waals surface area (Å²) in [6.07, 6.45) is 2.12. The number of rotatable bonds is 4. The average Bonchev–Trinajstić information content (AvgIpc) is 2.89. The van der Waals surface area contributed by atoms with Gasteiger partial charge in [-0.25, -0.2) is 9.59 Å². The number of carboxylic acids is 1. The largest absolute Gasteiger partial charge is 0.479 e. The predicted octanol–water partition coefficient (Wildman–Crippen LogP) is 0.344. The van der Waals surface area contributed by atoms with Crippen LogP contribution in [0.2, 0.25) is 0 Å². The number of carboxylic acid groups (broad SMARTS) is 1. The summed E-state index contributed by atoms with van der Waals surface area (Å²) in [5, 5.41) is 14.6. The number of aliphatic carboxylic acids is 1. The fourth-order valence-corrected chi connectivity index (χ4v) is 2.68. The molecule has 2 atom stereocenters. The Balaban J connectivity index is 1.86. The first kappa shape index (κ1) is 15.1. The van der Waals surface area contributed by atoms with E-state index in [-0.39, 0.29) is 12.6 Å². The molecule has 2 heterocycles. The van der Waals surface area contributed by atoms with Crippen LogP contribution in [0.25, 0.3) is 0 Å². The van der Waals surface area contributed by atoms with Gasteiger partial charge in [-0.1, -0.05) is 0 Å². The topological polar surface area (TPSA) is 96.9 Å². The average molecular weight is 286 g/mol. The van der Waals surface area contributed by atoms with Crippen LogP contribution >= 0.6 is 0 Å². The quantitative estimate of drug-likeness (QED) is 0.692. The summed E-state index contributed by atoms with van der Waals surface area (Å²) in [5.74, 6) is -0.682. The van der Waals surface area contributed by atoms with Crippen LogP contribution in [0.4, 0.5) is 4.79 Å². The summed E-state index contributed by atoms with van der Waals surface area (Å²) < 4.78 is 10.4. The molecule has 0 aromatic carbocycles. The minimum Gasteiger partial charge on any atom is -0.479 e. The highest BCUT2D eigenvalue weighted by molar-refractivity contribution is 5.86. The summed E-state index contributed by atoms with van der Waals surface area (Å²) in [6.45, 7) is 3.73. The fourth-order valence-electron chi connectivity index (χ4n) is 2.68. The Bertz CT molecular complexity index is 362. The molecule has 2 saturated heterocycles. The lowest BCUT2D eigenvalue weighted by molar-refractivity contribution is -0.144. The first-order valence-electron chi connectivity index (χ1n) is 7.01. The van der Waals surface area contributed by atoms with E-state index in [4.69, 9.17) is 9.47 Å². The lowest BCUT2D eigenvalue weighted by Crippen LogP contribution is -2.59. The molecule has 2 fully saturated rings. The predicted molar refractivity (Wildman–Crippen MR) is 70.5 cm³/mol. The maximum atomic E-state index is 12.0. The zero-order valence-electron chi connectivity index (χ0n) is 11.7. The molecule has 114 valence electrons. The van der Waals surface area contributed by atoms with Crippen molar-refractivity contribution < 1.29 is 24.2 Å². The molecule has 0 aromatic heterocycles. The van der Waals surface area contributed by atoms with Gasteiger partial charge in [0, 0.05) is 32.3 Å². The van der Waals surface area contributed by atoms with E-state index in [1.54, 1.807) is 0 Å². The highest BCUT2D eigenvalue weighted by Gasteiger charge is 2.44. The van der Waals surface area contributed by atoms with E-state index < -0.39 is 17.5 Å². The van der Waals surface area contributed by atoms with Crippen LogP contribution in [0, 0.1) is 5.92 Å². The minimum atomic E-state index is -1.29. The van der Waals surface area contributed by atoms with Crippen molar-refractivity contribution in [3.05, 3.63) is 0 Å². The van der Waals surface area contributed by atoms with Gasteiger partial charge in [-0.05, 0) is 25.7 Å². The number of carbonyl (C=O) groups is 2. The normalized spacial score (nSPS) is 28.9. The summed E-state index contributed by atoms with van der Waals surface area (Å²) in [6, 6.07) is -0.455. The maximum absolute atomic E-state index is 12.0. The van der Waals surface area contributed by atoms with Crippen molar-refractivity contribution in [2.24, 2.45) is 5.92 Å². The second kappa shape index (κ2) is 6.41. The van der Waals surface area contributed by atoms with Crippen LogP contribution in [0.5, 0.6) is 0 Å². The number of hydrogen-bond acceptors (Lipinski definition) is 4. The Morgan fingerprint density at radius 1 is 1.25 bits per heavy atom. The lowest BCUT2D eigenvalue weighted by atomic mass is 9.93. The van der Waals surface area contributed by atoms with Crippen molar-refractivity contribution in [1.29, 1.82) is 0 Å². The van der Waals surface area contributed by atoms with Crippen LogP contribution in [0.15, 0.2) is 0 Å². The van der Waals surface area contributed by atoms with E-state index in [0.717, 1.165) is 12.8 Å². The van der Waals surface area contributed by atoms with Gasteiger partial charge in [0.2, 0.25) is 0 Å². The van der Waals surface area contributed by atoms with Crippen molar-refractivity contribution in [2.45, 2.75) is 37.8 Å². The standard InChI is InChI=1S/C13H22N2O5/c1-9(10-2-5-19-6-3-10)14-12(18)15-13(11(16)17)4-7-20-8-13/h9-10H,2-8H2,1H3,(H,16,17)(H2,14,15,18). The molecular weight excluding hydrogens is 264 g/mol. The number of carbonyl (C=O) groups excluding carboxylic acids is 1. The highest BCUT2D eigenvalue weighted by Crippen LogP contribution is 2.20. The smallest absolute Gasteiger partial charge is 0.332 e. The molecule has 3 N–H and O–H groups in total. The van der Waals surface area contributed by atoms with E-state index in [1.165, 1.54) is 0 Å². The van der Waals surface area contributed by atoms with Gasteiger partial charge in [-0.15, -0.1) is 0 Å². The molecule has 7 nitrogen and oxygen atoms in total. The van der Waals surface area contributed by atoms with Crippen LogP contribution < -0.4 is 10.6 Å². The molecule has 0 aromatic rings. The van der Waals surface area contributed by atoms with E-state index in [1.807, 2.05) is 6.92 Å². The van der Waals surface area contributed by atoms with E-state index in [9.17, 15) is 14.7 Å². The first-order valence-corrected chi connectivity index (χ1v) is 7.01. The fraction of sp³-hybridized carbons (Fsp3) is 0.846. The molecule has 7 heteroatoms. The van der Waals surface area contributed by atoms with Crippen molar-refractivity contribution in [3.63, 3.8) is 0 Å². The number of ether oxygens (including phenoxy) is 2. The third-order valence-corrected chi connectivity index (χ3v) is 4.12. The Morgan fingerprint density at radius 3 is 2.50 bits per heavy atom. The number of hydrogen-bond donors (Lipinski definition) is 3. The van der Waals surface area contributed by atoms with E-state index in [2.05, 4.69) is 10.6 Å². The number of urea groups is 1. The van der Waals surface area contributed by atoms with Crippen molar-refractivity contribution in [1.82, 2.24) is 10.6 Å². The van der Waals surface area contributed by atoms with E-state index >= 15 is 0 Å². The molecule has 2 amide bonds. The molecular formula is C13H22N2O5. The zero-order chi connectivity index (χ0) is 14.6. The van der Waals surface area contributed by atoms with Crippen LogP contribution in [-0.2, 0) is 14.3 Å². The Hall–Kier alpha value is -1.34. The maximum Gasteiger partial charge on any atom is 0.332 e. The summed E-state index contributed by atoms with van der Waals surface area (Å²) in [4.78, 5) is 23.3. The molecule has 20 heavy (non-hydrogen) atoms. The van der Waals surface area contributed by atoms with Gasteiger partial charge in [0.1, 0.15) is 0 Å². The molecule has 0 spiro atoms. The molecule has 2 aliphatic heterocycles. The van der Waals surface area contributed by atoms with Crippen LogP contribution in [0.3, 0.4) is 0 Å². The second-order valence-corrected chi connectivity index (χ2v) is 5.53. The molecule has 2 aliphatic rings. The van der Waals surface area contributed by atoms with Gasteiger partial charge >= 0.3 is 12.0 Å². The van der Waals surface area contributed by atoms with Gasteiger partial charge < -0.3 is 25.2 Å². The Labute approximate surface area is 118 Å². The Morgan fingerprint density at radius 2 is 1.95 bits per heavy atom. The van der Waals surface area contributed by atoms with Gasteiger partial charge in [0.25, 0.3) is 0 Å². The third kappa shape index (κ3) is 3.40. The minimum absolute atomic E-state index is 0.00735. The number of nitrogens with one attached hydrogen (secondary N) is 2. The molecule has 2 unspecified atom stereocenters. The third-order valence-electron chi connectivity index (χ3n) is 4.12. The summed E-state index contributed by atoms with van der Waals surface area (Å²) in [5.41, 5.74) is -1.29. The Kier molecular flexibility index (Phi) is 4.82. The van der Waals surface area contributed by atoms with E-state index in [0.29, 0.717) is 32.2 Å². The number of amides is 2. The lowest BCUT2D eigenvalue weighted by Gasteiger charge is -2.30. The second-order valence-electron chi connectivity index (χ2n) is 5.53. The first-order chi connectivity index (χ1) is 9.53.